The minimum atomic E-state index is -3.69. The SMILES string of the molecule is O=C(N[C@@H](CNC(=O)C1CCCN1)C(=O)O)c1c(Cl)cc(CC(F)(F)C(O)c2cccc(O)c2)cc1Cl. The van der Waals surface area contributed by atoms with Crippen LogP contribution in [0.15, 0.2) is 36.4 Å². The van der Waals surface area contributed by atoms with Gasteiger partial charge in [-0.15, -0.1) is 0 Å². The molecule has 1 fully saturated rings. The van der Waals surface area contributed by atoms with Crippen molar-refractivity contribution < 1.29 is 38.5 Å². The molecule has 2 aromatic carbocycles. The average Bonchev–Trinajstić information content (AvgIpc) is 3.35. The molecule has 1 aliphatic rings. The molecule has 3 atom stereocenters. The molecule has 1 aliphatic heterocycles. The van der Waals surface area contributed by atoms with E-state index in [4.69, 9.17) is 23.2 Å². The van der Waals surface area contributed by atoms with Gasteiger partial charge in [-0.05, 0) is 54.8 Å². The number of nitrogens with one attached hydrogen (secondary N) is 3. The van der Waals surface area contributed by atoms with E-state index < -0.39 is 54.9 Å². The van der Waals surface area contributed by atoms with E-state index in [0.29, 0.717) is 13.0 Å². The van der Waals surface area contributed by atoms with Gasteiger partial charge in [0, 0.05) is 13.0 Å². The number of aliphatic carboxylic acids is 1. The lowest BCUT2D eigenvalue weighted by Crippen LogP contribution is -2.51. The molecule has 200 valence electrons. The Kier molecular flexibility index (Phi) is 9.30. The summed E-state index contributed by atoms with van der Waals surface area (Å²) >= 11 is 12.3. The van der Waals surface area contributed by atoms with Crippen molar-refractivity contribution in [2.24, 2.45) is 0 Å². The second-order valence-corrected chi connectivity index (χ2v) is 9.44. The van der Waals surface area contributed by atoms with Crippen LogP contribution in [0.3, 0.4) is 0 Å². The smallest absolute Gasteiger partial charge is 0.328 e. The Morgan fingerprint density at radius 3 is 2.41 bits per heavy atom. The first kappa shape index (κ1) is 28.6. The van der Waals surface area contributed by atoms with E-state index in [1.165, 1.54) is 18.2 Å². The molecule has 6 N–H and O–H groups in total. The highest BCUT2D eigenvalue weighted by Gasteiger charge is 2.40. The molecule has 0 spiro atoms. The first-order valence-electron chi connectivity index (χ1n) is 11.3. The highest BCUT2D eigenvalue weighted by molar-refractivity contribution is 6.39. The zero-order valence-corrected chi connectivity index (χ0v) is 20.8. The number of halogens is 4. The molecule has 1 saturated heterocycles. The van der Waals surface area contributed by atoms with Gasteiger partial charge in [-0.25, -0.2) is 13.6 Å². The van der Waals surface area contributed by atoms with E-state index in [2.05, 4.69) is 16.0 Å². The lowest BCUT2D eigenvalue weighted by atomic mass is 9.96. The third-order valence-electron chi connectivity index (χ3n) is 5.82. The number of aliphatic hydroxyl groups is 1. The fourth-order valence-electron chi connectivity index (χ4n) is 3.92. The van der Waals surface area contributed by atoms with E-state index in [9.17, 15) is 38.5 Å². The van der Waals surface area contributed by atoms with Crippen LogP contribution in [0.2, 0.25) is 10.0 Å². The van der Waals surface area contributed by atoms with Crippen LogP contribution in [-0.2, 0) is 16.0 Å². The lowest BCUT2D eigenvalue weighted by Gasteiger charge is -2.23. The van der Waals surface area contributed by atoms with Gasteiger partial charge in [0.05, 0.1) is 21.7 Å². The summed E-state index contributed by atoms with van der Waals surface area (Å²) in [5, 5.41) is 36.1. The molecule has 0 radical (unpaired) electrons. The third-order valence-corrected chi connectivity index (χ3v) is 6.41. The van der Waals surface area contributed by atoms with Crippen molar-refractivity contribution in [2.75, 3.05) is 13.1 Å². The standard InChI is InChI=1S/C24H25Cl2F2N3O6/c25-15-7-12(10-24(27,28)20(33)13-3-1-4-14(32)9-13)8-16(26)19(15)22(35)31-18(23(36)37)11-30-21(34)17-5-2-6-29-17/h1,3-4,7-9,17-18,20,29,32-33H,2,5-6,10-11H2,(H,30,34)(H,31,35)(H,36,37)/t17?,18-,20?/m0/s1. The van der Waals surface area contributed by atoms with Crippen molar-refractivity contribution in [2.45, 2.75) is 43.4 Å². The van der Waals surface area contributed by atoms with Gasteiger partial charge in [0.2, 0.25) is 5.91 Å². The molecule has 37 heavy (non-hydrogen) atoms. The molecule has 0 aromatic heterocycles. The number of alkyl halides is 2. The maximum Gasteiger partial charge on any atom is 0.328 e. The molecule has 2 amide bonds. The van der Waals surface area contributed by atoms with Gasteiger partial charge in [0.15, 0.2) is 0 Å². The maximum absolute atomic E-state index is 14.8. The van der Waals surface area contributed by atoms with Crippen LogP contribution in [0.25, 0.3) is 0 Å². The number of rotatable bonds is 10. The van der Waals surface area contributed by atoms with Crippen molar-refractivity contribution in [3.05, 3.63) is 63.1 Å². The fraction of sp³-hybridized carbons (Fsp3) is 0.375. The van der Waals surface area contributed by atoms with Crippen molar-refractivity contribution in [3.63, 3.8) is 0 Å². The second-order valence-electron chi connectivity index (χ2n) is 8.63. The Morgan fingerprint density at radius 2 is 1.84 bits per heavy atom. The van der Waals surface area contributed by atoms with Crippen LogP contribution in [0.1, 0.15) is 40.4 Å². The molecule has 3 rings (SSSR count). The van der Waals surface area contributed by atoms with Gasteiger partial charge in [-0.1, -0.05) is 35.3 Å². The van der Waals surface area contributed by atoms with Crippen molar-refractivity contribution in [1.82, 2.24) is 16.0 Å². The molecule has 13 heteroatoms. The number of aromatic hydroxyl groups is 1. The number of carbonyl (C=O) groups excluding carboxylic acids is 2. The number of phenolic OH excluding ortho intramolecular Hbond substituents is 1. The summed E-state index contributed by atoms with van der Waals surface area (Å²) in [5.41, 5.74) is -0.630. The van der Waals surface area contributed by atoms with Crippen LogP contribution in [0.4, 0.5) is 8.78 Å². The minimum absolute atomic E-state index is 0.0955. The molecule has 0 bridgehead atoms. The van der Waals surface area contributed by atoms with Gasteiger partial charge in [0.25, 0.3) is 11.8 Å². The zero-order valence-electron chi connectivity index (χ0n) is 19.3. The first-order chi connectivity index (χ1) is 17.4. The fourth-order valence-corrected chi connectivity index (χ4v) is 4.62. The zero-order chi connectivity index (χ0) is 27.3. The molecule has 0 aliphatic carbocycles. The molecule has 2 aromatic rings. The monoisotopic (exact) mass is 559 g/mol. The van der Waals surface area contributed by atoms with E-state index >= 15 is 0 Å². The number of phenols is 1. The largest absolute Gasteiger partial charge is 0.508 e. The molecular weight excluding hydrogens is 535 g/mol. The van der Waals surface area contributed by atoms with Crippen LogP contribution < -0.4 is 16.0 Å². The summed E-state index contributed by atoms with van der Waals surface area (Å²) in [6, 6.07) is 5.01. The number of amides is 2. The summed E-state index contributed by atoms with van der Waals surface area (Å²) in [6.45, 7) is 0.273. The highest BCUT2D eigenvalue weighted by Crippen LogP contribution is 2.37. The lowest BCUT2D eigenvalue weighted by molar-refractivity contribution is -0.139. The molecule has 1 heterocycles. The first-order valence-corrected chi connectivity index (χ1v) is 12.0. The number of hydrogen-bond donors (Lipinski definition) is 6. The molecular formula is C24H25Cl2F2N3O6. The normalized spacial score (nSPS) is 17.2. The Morgan fingerprint density at radius 1 is 1.16 bits per heavy atom. The van der Waals surface area contributed by atoms with E-state index in [1.807, 2.05) is 0 Å². The average molecular weight is 560 g/mol. The van der Waals surface area contributed by atoms with Gasteiger partial charge in [-0.3, -0.25) is 9.59 Å². The minimum Gasteiger partial charge on any atom is -0.508 e. The molecule has 9 nitrogen and oxygen atoms in total. The molecule has 0 saturated carbocycles. The van der Waals surface area contributed by atoms with Gasteiger partial charge >= 0.3 is 5.97 Å². The quantitative estimate of drug-likeness (QED) is 0.262. The summed E-state index contributed by atoms with van der Waals surface area (Å²) in [6.07, 6.45) is -1.82. The predicted molar refractivity (Wildman–Crippen MR) is 131 cm³/mol. The van der Waals surface area contributed by atoms with E-state index in [0.717, 1.165) is 24.6 Å². The Hall–Kier alpha value is -2.99. The summed E-state index contributed by atoms with van der Waals surface area (Å²) in [7, 11) is 0. The van der Waals surface area contributed by atoms with Crippen LogP contribution in [0.5, 0.6) is 5.75 Å². The van der Waals surface area contributed by atoms with Crippen molar-refractivity contribution in [3.8, 4) is 5.75 Å². The maximum atomic E-state index is 14.8. The number of hydrogen-bond acceptors (Lipinski definition) is 6. The van der Waals surface area contributed by atoms with Crippen molar-refractivity contribution in [1.29, 1.82) is 0 Å². The number of aliphatic hydroxyl groups excluding tert-OH is 1. The van der Waals surface area contributed by atoms with Crippen LogP contribution >= 0.6 is 23.2 Å². The van der Waals surface area contributed by atoms with E-state index in [-0.39, 0.29) is 32.5 Å². The summed E-state index contributed by atoms with van der Waals surface area (Å²) in [5.74, 6) is -6.77. The number of carboxylic acid groups (broad SMARTS) is 1. The van der Waals surface area contributed by atoms with Gasteiger partial charge < -0.3 is 31.3 Å². The van der Waals surface area contributed by atoms with Gasteiger partial charge in [-0.2, -0.15) is 0 Å². The van der Waals surface area contributed by atoms with Gasteiger partial charge in [0.1, 0.15) is 17.9 Å². The Balaban J connectivity index is 1.70. The summed E-state index contributed by atoms with van der Waals surface area (Å²) in [4.78, 5) is 36.5. The van der Waals surface area contributed by atoms with Crippen molar-refractivity contribution >= 4 is 41.0 Å². The highest BCUT2D eigenvalue weighted by atomic mass is 35.5. The topological polar surface area (TPSA) is 148 Å². The Labute approximate surface area is 220 Å². The number of benzene rings is 2. The number of carboxylic acids is 1. The van der Waals surface area contributed by atoms with E-state index in [1.54, 1.807) is 0 Å². The van der Waals surface area contributed by atoms with Crippen LogP contribution in [0, 0.1) is 0 Å². The Bertz CT molecular complexity index is 1150. The molecule has 2 unspecified atom stereocenters. The summed E-state index contributed by atoms with van der Waals surface area (Å²) < 4.78 is 29.5. The number of carbonyl (C=O) groups is 3. The predicted octanol–water partition coefficient (Wildman–Crippen LogP) is 2.66. The van der Waals surface area contributed by atoms with Crippen LogP contribution in [-0.4, -0.2) is 64.2 Å². The second kappa shape index (κ2) is 12.0. The third kappa shape index (κ3) is 7.29.